The highest BCUT2D eigenvalue weighted by atomic mass is 16.5. The molecule has 2 heterocycles. The summed E-state index contributed by atoms with van der Waals surface area (Å²) in [7, 11) is 1.59. The van der Waals surface area contributed by atoms with Crippen LogP contribution in [0.15, 0.2) is 48.5 Å². The molecule has 1 spiro atoms. The summed E-state index contributed by atoms with van der Waals surface area (Å²) in [5, 5.41) is 9.20. The number of carbonyl (C=O) groups excluding carboxylic acids is 2. The number of aliphatic hydroxyl groups is 1. The maximum atomic E-state index is 13.1. The van der Waals surface area contributed by atoms with E-state index in [2.05, 4.69) is 0 Å². The number of rotatable bonds is 4. The van der Waals surface area contributed by atoms with Crippen LogP contribution >= 0.6 is 0 Å². The van der Waals surface area contributed by atoms with Gasteiger partial charge in [0.15, 0.2) is 0 Å². The summed E-state index contributed by atoms with van der Waals surface area (Å²) in [4.78, 5) is 29.6. The van der Waals surface area contributed by atoms with Crippen LogP contribution < -0.4 is 4.74 Å². The van der Waals surface area contributed by atoms with Gasteiger partial charge in [0.25, 0.3) is 11.8 Å². The minimum absolute atomic E-state index is 0.0250. The van der Waals surface area contributed by atoms with E-state index in [4.69, 9.17) is 9.47 Å². The molecule has 2 amide bonds. The van der Waals surface area contributed by atoms with Crippen molar-refractivity contribution in [2.75, 3.05) is 33.4 Å². The number of benzene rings is 2. The molecule has 0 radical (unpaired) electrons. The largest absolute Gasteiger partial charge is 0.497 e. The Labute approximate surface area is 175 Å². The van der Waals surface area contributed by atoms with E-state index in [9.17, 15) is 14.7 Å². The van der Waals surface area contributed by atoms with E-state index in [1.54, 1.807) is 60.5 Å². The van der Waals surface area contributed by atoms with Crippen molar-refractivity contribution in [1.29, 1.82) is 0 Å². The summed E-state index contributed by atoms with van der Waals surface area (Å²) >= 11 is 0. The van der Waals surface area contributed by atoms with Crippen LogP contribution in [-0.2, 0) is 11.3 Å². The van der Waals surface area contributed by atoms with Gasteiger partial charge in [-0.15, -0.1) is 0 Å². The smallest absolute Gasteiger partial charge is 0.256 e. The Balaban J connectivity index is 1.44. The Morgan fingerprint density at radius 1 is 0.967 bits per heavy atom. The van der Waals surface area contributed by atoms with Crippen LogP contribution in [0.25, 0.3) is 0 Å². The Morgan fingerprint density at radius 2 is 1.57 bits per heavy atom. The lowest BCUT2D eigenvalue weighted by molar-refractivity contribution is -0.100. The maximum absolute atomic E-state index is 13.1. The van der Waals surface area contributed by atoms with Gasteiger partial charge in [-0.3, -0.25) is 9.59 Å². The number of amides is 2. The monoisotopic (exact) mass is 410 g/mol. The number of ether oxygens (including phenoxy) is 2. The highest BCUT2D eigenvalue weighted by Crippen LogP contribution is 2.35. The summed E-state index contributed by atoms with van der Waals surface area (Å²) in [6, 6.07) is 14.1. The lowest BCUT2D eigenvalue weighted by Gasteiger charge is -2.43. The van der Waals surface area contributed by atoms with E-state index in [1.165, 1.54) is 0 Å². The fraction of sp³-hybridized carbons (Fsp3) is 0.391. The molecule has 1 N–H and O–H groups in total. The molecule has 2 aliphatic rings. The number of likely N-dealkylation sites (tertiary alicyclic amines) is 1. The molecular weight excluding hydrogens is 384 g/mol. The second-order valence-electron chi connectivity index (χ2n) is 7.63. The van der Waals surface area contributed by atoms with E-state index in [-0.39, 0.29) is 18.4 Å². The van der Waals surface area contributed by atoms with Crippen molar-refractivity contribution >= 4 is 11.8 Å². The van der Waals surface area contributed by atoms with E-state index >= 15 is 0 Å². The lowest BCUT2D eigenvalue weighted by Crippen LogP contribution is -2.55. The number of methoxy groups -OCH3 is 1. The van der Waals surface area contributed by atoms with E-state index < -0.39 is 5.72 Å². The minimum atomic E-state index is -0.663. The summed E-state index contributed by atoms with van der Waals surface area (Å²) in [5.41, 5.74) is 1.30. The molecule has 2 fully saturated rings. The first kappa shape index (κ1) is 20.4. The van der Waals surface area contributed by atoms with Crippen molar-refractivity contribution in [2.45, 2.75) is 25.2 Å². The van der Waals surface area contributed by atoms with Gasteiger partial charge in [-0.2, -0.15) is 0 Å². The van der Waals surface area contributed by atoms with Crippen molar-refractivity contribution in [3.63, 3.8) is 0 Å². The summed E-state index contributed by atoms with van der Waals surface area (Å²) < 4.78 is 11.2. The summed E-state index contributed by atoms with van der Waals surface area (Å²) in [6.07, 6.45) is 1.16. The summed E-state index contributed by atoms with van der Waals surface area (Å²) in [5.74, 6) is 0.611. The second kappa shape index (κ2) is 8.45. The molecule has 4 rings (SSSR count). The van der Waals surface area contributed by atoms with Crippen LogP contribution in [0.3, 0.4) is 0 Å². The van der Waals surface area contributed by atoms with Crippen molar-refractivity contribution in [1.82, 2.24) is 9.80 Å². The van der Waals surface area contributed by atoms with Gasteiger partial charge in [-0.25, -0.2) is 0 Å². The SMILES string of the molecule is COc1ccc(C(=O)N2CCC3(CC2)OCCN3C(=O)c2ccc(CO)cc2)cc1. The number of hydrogen-bond acceptors (Lipinski definition) is 5. The first-order chi connectivity index (χ1) is 14.6. The quantitative estimate of drug-likeness (QED) is 0.837. The molecule has 0 aliphatic carbocycles. The zero-order chi connectivity index (χ0) is 21.1. The third-order valence-corrected chi connectivity index (χ3v) is 5.98. The van der Waals surface area contributed by atoms with Crippen LogP contribution in [0.2, 0.25) is 0 Å². The Bertz CT molecular complexity index is 902. The average molecular weight is 410 g/mol. The minimum Gasteiger partial charge on any atom is -0.497 e. The van der Waals surface area contributed by atoms with Gasteiger partial charge in [0.2, 0.25) is 0 Å². The second-order valence-corrected chi connectivity index (χ2v) is 7.63. The zero-order valence-electron chi connectivity index (χ0n) is 17.0. The zero-order valence-corrected chi connectivity index (χ0v) is 17.0. The van der Waals surface area contributed by atoms with E-state index in [0.717, 1.165) is 5.56 Å². The van der Waals surface area contributed by atoms with Crippen LogP contribution in [0.1, 0.15) is 39.1 Å². The molecule has 0 saturated carbocycles. The molecule has 0 aromatic heterocycles. The number of hydrogen-bond donors (Lipinski definition) is 1. The van der Waals surface area contributed by atoms with Crippen molar-refractivity contribution in [3.05, 3.63) is 65.2 Å². The molecule has 7 heteroatoms. The molecule has 2 saturated heterocycles. The third kappa shape index (κ3) is 3.78. The van der Waals surface area contributed by atoms with Crippen molar-refractivity contribution in [2.24, 2.45) is 0 Å². The van der Waals surface area contributed by atoms with Gasteiger partial charge in [-0.1, -0.05) is 12.1 Å². The van der Waals surface area contributed by atoms with Crippen LogP contribution in [-0.4, -0.2) is 65.8 Å². The summed E-state index contributed by atoms with van der Waals surface area (Å²) in [6.45, 7) is 2.03. The number of aliphatic hydroxyl groups excluding tert-OH is 1. The van der Waals surface area contributed by atoms with Gasteiger partial charge >= 0.3 is 0 Å². The number of piperidine rings is 1. The van der Waals surface area contributed by atoms with Gasteiger partial charge in [-0.05, 0) is 42.0 Å². The first-order valence-corrected chi connectivity index (χ1v) is 10.2. The molecular formula is C23H26N2O5. The fourth-order valence-corrected chi connectivity index (χ4v) is 4.19. The van der Waals surface area contributed by atoms with Crippen molar-refractivity contribution in [3.8, 4) is 5.75 Å². The number of nitrogens with zero attached hydrogens (tertiary/aromatic N) is 2. The molecule has 2 aliphatic heterocycles. The maximum Gasteiger partial charge on any atom is 0.256 e. The predicted molar refractivity (Wildman–Crippen MR) is 110 cm³/mol. The molecule has 0 bridgehead atoms. The lowest BCUT2D eigenvalue weighted by atomic mass is 9.97. The van der Waals surface area contributed by atoms with Crippen LogP contribution in [0.5, 0.6) is 5.75 Å². The fourth-order valence-electron chi connectivity index (χ4n) is 4.19. The van der Waals surface area contributed by atoms with E-state index in [0.29, 0.717) is 56.0 Å². The molecule has 0 unspecified atom stereocenters. The van der Waals surface area contributed by atoms with Gasteiger partial charge in [0.05, 0.1) is 20.3 Å². The molecule has 2 aromatic carbocycles. The highest BCUT2D eigenvalue weighted by Gasteiger charge is 2.47. The highest BCUT2D eigenvalue weighted by molar-refractivity contribution is 5.95. The standard InChI is InChI=1S/C23H26N2O5/c1-29-20-8-6-18(7-9-20)21(27)24-12-10-23(11-13-24)25(14-15-30-23)22(28)19-4-2-17(16-26)3-5-19/h2-9,26H,10-16H2,1H3. The third-order valence-electron chi connectivity index (χ3n) is 5.98. The van der Waals surface area contributed by atoms with Crippen LogP contribution in [0, 0.1) is 0 Å². The van der Waals surface area contributed by atoms with Crippen molar-refractivity contribution < 1.29 is 24.2 Å². The topological polar surface area (TPSA) is 79.3 Å². The Hall–Kier alpha value is -2.90. The number of carbonyl (C=O) groups is 2. The first-order valence-electron chi connectivity index (χ1n) is 10.2. The molecule has 158 valence electrons. The molecule has 2 aromatic rings. The normalized spacial score (nSPS) is 17.9. The molecule has 0 atom stereocenters. The predicted octanol–water partition coefficient (Wildman–Crippen LogP) is 2.29. The average Bonchev–Trinajstić information content (AvgIpc) is 3.21. The van der Waals surface area contributed by atoms with Gasteiger partial charge in [0.1, 0.15) is 11.5 Å². The van der Waals surface area contributed by atoms with Gasteiger partial charge in [0, 0.05) is 43.6 Å². The Morgan fingerprint density at radius 3 is 2.17 bits per heavy atom. The molecule has 7 nitrogen and oxygen atoms in total. The van der Waals surface area contributed by atoms with Gasteiger partial charge < -0.3 is 24.4 Å². The molecule has 30 heavy (non-hydrogen) atoms. The van der Waals surface area contributed by atoms with E-state index in [1.807, 2.05) is 4.90 Å². The van der Waals surface area contributed by atoms with Crippen LogP contribution in [0.4, 0.5) is 0 Å². The Kier molecular flexibility index (Phi) is 5.74.